The van der Waals surface area contributed by atoms with Crippen LogP contribution in [-0.4, -0.2) is 24.0 Å². The lowest BCUT2D eigenvalue weighted by Crippen LogP contribution is -2.59. The van der Waals surface area contributed by atoms with E-state index in [1.807, 2.05) is 13.0 Å². The van der Waals surface area contributed by atoms with Gasteiger partial charge in [-0.25, -0.2) is 0 Å². The van der Waals surface area contributed by atoms with Gasteiger partial charge in [0, 0.05) is 18.0 Å². The Morgan fingerprint density at radius 1 is 1.53 bits per heavy atom. The average molecular weight is 262 g/mol. The van der Waals surface area contributed by atoms with Gasteiger partial charge in [0.15, 0.2) is 5.76 Å². The van der Waals surface area contributed by atoms with Gasteiger partial charge in [0.05, 0.1) is 0 Å². The minimum atomic E-state index is -0.0685. The van der Waals surface area contributed by atoms with Gasteiger partial charge in [-0.05, 0) is 50.8 Å². The van der Waals surface area contributed by atoms with Gasteiger partial charge in [0.2, 0.25) is 0 Å². The summed E-state index contributed by atoms with van der Waals surface area (Å²) >= 11 is 0. The smallest absolute Gasteiger partial charge is 0.287 e. The molecule has 1 atom stereocenters. The number of furan rings is 1. The molecule has 2 heterocycles. The summed E-state index contributed by atoms with van der Waals surface area (Å²) in [6.45, 7) is 3.02. The largest absolute Gasteiger partial charge is 0.456 e. The molecular weight excluding hydrogens is 240 g/mol. The number of carbonyl (C=O) groups is 1. The van der Waals surface area contributed by atoms with Gasteiger partial charge in [-0.1, -0.05) is 6.92 Å². The number of rotatable bonds is 3. The van der Waals surface area contributed by atoms with E-state index in [0.29, 0.717) is 11.3 Å². The summed E-state index contributed by atoms with van der Waals surface area (Å²) < 4.78 is 5.50. The molecule has 4 nitrogen and oxygen atoms in total. The van der Waals surface area contributed by atoms with E-state index >= 15 is 0 Å². The molecule has 1 aromatic rings. The van der Waals surface area contributed by atoms with Crippen LogP contribution in [0.5, 0.6) is 0 Å². The van der Waals surface area contributed by atoms with Crippen LogP contribution < -0.4 is 10.6 Å². The molecule has 2 aliphatic rings. The number of amides is 1. The highest BCUT2D eigenvalue weighted by atomic mass is 16.3. The first kappa shape index (κ1) is 12.7. The highest BCUT2D eigenvalue weighted by Gasteiger charge is 2.41. The normalized spacial score (nSPS) is 25.0. The quantitative estimate of drug-likeness (QED) is 0.878. The Labute approximate surface area is 113 Å². The van der Waals surface area contributed by atoms with Crippen LogP contribution in [0, 0.1) is 0 Å². The zero-order chi connectivity index (χ0) is 13.3. The maximum Gasteiger partial charge on any atom is 0.287 e. The van der Waals surface area contributed by atoms with Crippen molar-refractivity contribution in [3.63, 3.8) is 0 Å². The molecule has 0 bridgehead atoms. The third kappa shape index (κ3) is 2.54. The van der Waals surface area contributed by atoms with Crippen LogP contribution in [0.3, 0.4) is 0 Å². The third-order valence-corrected chi connectivity index (χ3v) is 4.51. The van der Waals surface area contributed by atoms with Gasteiger partial charge in [-0.15, -0.1) is 0 Å². The summed E-state index contributed by atoms with van der Waals surface area (Å²) in [5.74, 6) is 1.24. The van der Waals surface area contributed by atoms with Crippen molar-refractivity contribution < 1.29 is 9.21 Å². The van der Waals surface area contributed by atoms with E-state index in [-0.39, 0.29) is 11.9 Å². The molecule has 1 unspecified atom stereocenters. The average Bonchev–Trinajstić information content (AvgIpc) is 2.86. The number of piperidine rings is 1. The lowest BCUT2D eigenvalue weighted by atomic mass is 9.70. The van der Waals surface area contributed by atoms with Crippen LogP contribution in [-0.2, 0) is 6.42 Å². The van der Waals surface area contributed by atoms with Crippen molar-refractivity contribution in [1.29, 1.82) is 0 Å². The fourth-order valence-corrected chi connectivity index (χ4v) is 3.21. The Hall–Kier alpha value is -1.29. The van der Waals surface area contributed by atoms with E-state index in [4.69, 9.17) is 4.42 Å². The molecule has 1 aliphatic heterocycles. The van der Waals surface area contributed by atoms with E-state index < -0.39 is 0 Å². The van der Waals surface area contributed by atoms with Crippen LogP contribution >= 0.6 is 0 Å². The third-order valence-electron chi connectivity index (χ3n) is 4.51. The van der Waals surface area contributed by atoms with E-state index in [1.54, 1.807) is 6.07 Å². The highest BCUT2D eigenvalue weighted by molar-refractivity contribution is 5.91. The summed E-state index contributed by atoms with van der Waals surface area (Å²) in [5, 5.41) is 6.74. The van der Waals surface area contributed by atoms with Gasteiger partial charge in [-0.2, -0.15) is 0 Å². The molecule has 104 valence electrons. The molecule has 2 fully saturated rings. The monoisotopic (exact) mass is 262 g/mol. The van der Waals surface area contributed by atoms with E-state index in [9.17, 15) is 4.79 Å². The summed E-state index contributed by atoms with van der Waals surface area (Å²) in [6, 6.07) is 3.93. The summed E-state index contributed by atoms with van der Waals surface area (Å²) in [7, 11) is 0. The van der Waals surface area contributed by atoms with Gasteiger partial charge in [-0.3, -0.25) is 4.79 Å². The fourth-order valence-electron chi connectivity index (χ4n) is 3.21. The maximum absolute atomic E-state index is 12.1. The second-order valence-electron chi connectivity index (χ2n) is 5.84. The molecule has 0 radical (unpaired) electrons. The fraction of sp³-hybridized carbons (Fsp3) is 0.667. The van der Waals surface area contributed by atoms with Gasteiger partial charge in [0.25, 0.3) is 5.91 Å². The van der Waals surface area contributed by atoms with Crippen LogP contribution in [0.25, 0.3) is 0 Å². The Morgan fingerprint density at radius 2 is 2.37 bits per heavy atom. The lowest BCUT2D eigenvalue weighted by Gasteiger charge is -2.48. The molecule has 19 heavy (non-hydrogen) atoms. The number of hydrogen-bond donors (Lipinski definition) is 2. The number of nitrogens with one attached hydrogen (secondary N) is 2. The summed E-state index contributed by atoms with van der Waals surface area (Å²) in [6.07, 6.45) is 6.70. The molecule has 3 rings (SSSR count). The van der Waals surface area contributed by atoms with E-state index in [1.165, 1.54) is 19.3 Å². The molecule has 1 aromatic heterocycles. The lowest BCUT2D eigenvalue weighted by molar-refractivity contribution is 0.0826. The first-order valence-electron chi connectivity index (χ1n) is 7.35. The van der Waals surface area contributed by atoms with Crippen molar-refractivity contribution in [2.75, 3.05) is 6.54 Å². The first-order chi connectivity index (χ1) is 9.21. The van der Waals surface area contributed by atoms with E-state index in [0.717, 1.165) is 31.6 Å². The maximum atomic E-state index is 12.1. The highest BCUT2D eigenvalue weighted by Crippen LogP contribution is 2.38. The predicted molar refractivity (Wildman–Crippen MR) is 73.2 cm³/mol. The first-order valence-corrected chi connectivity index (χ1v) is 7.35. The van der Waals surface area contributed by atoms with Gasteiger partial charge >= 0.3 is 0 Å². The molecule has 1 spiro atoms. The molecular formula is C15H22N2O2. The van der Waals surface area contributed by atoms with E-state index in [2.05, 4.69) is 10.6 Å². The Morgan fingerprint density at radius 3 is 3.00 bits per heavy atom. The minimum absolute atomic E-state index is 0.0685. The second kappa shape index (κ2) is 5.00. The molecule has 0 aromatic carbocycles. The summed E-state index contributed by atoms with van der Waals surface area (Å²) in [5.41, 5.74) is 0.313. The van der Waals surface area contributed by atoms with Crippen LogP contribution in [0.1, 0.15) is 55.3 Å². The molecule has 2 N–H and O–H groups in total. The SMILES string of the molecule is CCc1ccc(C(=O)NC2CCNC3(CCC3)C2)o1. The minimum Gasteiger partial charge on any atom is -0.456 e. The zero-order valence-electron chi connectivity index (χ0n) is 11.5. The second-order valence-corrected chi connectivity index (χ2v) is 5.84. The number of carbonyl (C=O) groups excluding carboxylic acids is 1. The molecule has 1 amide bonds. The standard InChI is InChI=1S/C15H22N2O2/c1-2-12-4-5-13(19-12)14(18)17-11-6-9-16-15(10-11)7-3-8-15/h4-5,11,16H,2-3,6-10H2,1H3,(H,17,18). The van der Waals surface area contributed by atoms with Gasteiger partial charge in [0.1, 0.15) is 5.76 Å². The Balaban J connectivity index is 1.59. The predicted octanol–water partition coefficient (Wildman–Crippen LogP) is 2.25. The van der Waals surface area contributed by atoms with Crippen molar-refractivity contribution in [2.24, 2.45) is 0 Å². The van der Waals surface area contributed by atoms with Crippen molar-refractivity contribution in [3.05, 3.63) is 23.7 Å². The van der Waals surface area contributed by atoms with Crippen molar-refractivity contribution in [1.82, 2.24) is 10.6 Å². The van der Waals surface area contributed by atoms with Crippen molar-refractivity contribution >= 4 is 5.91 Å². The summed E-state index contributed by atoms with van der Waals surface area (Å²) in [4.78, 5) is 12.1. The zero-order valence-corrected chi connectivity index (χ0v) is 11.5. The van der Waals surface area contributed by atoms with Crippen molar-refractivity contribution in [2.45, 2.75) is 57.0 Å². The molecule has 1 saturated heterocycles. The molecule has 1 saturated carbocycles. The van der Waals surface area contributed by atoms with Crippen LogP contribution in [0.15, 0.2) is 16.5 Å². The van der Waals surface area contributed by atoms with Gasteiger partial charge < -0.3 is 15.1 Å². The van der Waals surface area contributed by atoms with Crippen LogP contribution in [0.4, 0.5) is 0 Å². The molecule has 1 aliphatic carbocycles. The topological polar surface area (TPSA) is 54.3 Å². The Kier molecular flexibility index (Phi) is 3.35. The van der Waals surface area contributed by atoms with Crippen LogP contribution in [0.2, 0.25) is 0 Å². The number of hydrogen-bond acceptors (Lipinski definition) is 3. The Bertz CT molecular complexity index is 462. The van der Waals surface area contributed by atoms with Crippen molar-refractivity contribution in [3.8, 4) is 0 Å². The number of aryl methyl sites for hydroxylation is 1. The molecule has 4 heteroatoms.